The topological polar surface area (TPSA) is 41.7 Å². The summed E-state index contributed by atoms with van der Waals surface area (Å²) in [5.74, 6) is 0.942. The third kappa shape index (κ3) is 4.39. The number of benzene rings is 1. The summed E-state index contributed by atoms with van der Waals surface area (Å²) >= 11 is 8.61. The largest absolute Gasteiger partial charge is 0.496 e. The molecule has 0 aromatic heterocycles. The Balaban J connectivity index is 1.95. The molecule has 1 unspecified atom stereocenters. The summed E-state index contributed by atoms with van der Waals surface area (Å²) in [7, 11) is 1.72. The molecule has 0 aliphatic carbocycles. The van der Waals surface area contributed by atoms with Crippen molar-refractivity contribution in [3.05, 3.63) is 28.2 Å². The Hall–Kier alpha value is -0.690. The molecule has 4 nitrogen and oxygen atoms in total. The molecule has 0 saturated carbocycles. The lowest BCUT2D eigenvalue weighted by Crippen LogP contribution is -2.52. The van der Waals surface area contributed by atoms with Crippen LogP contribution in [0, 0.1) is 0 Å². The van der Waals surface area contributed by atoms with Crippen molar-refractivity contribution >= 4 is 33.1 Å². The van der Waals surface area contributed by atoms with Gasteiger partial charge < -0.3 is 10.5 Å². The van der Waals surface area contributed by atoms with Crippen LogP contribution in [0.4, 0.5) is 0 Å². The summed E-state index contributed by atoms with van der Waals surface area (Å²) < 4.78 is 6.52. The minimum absolute atomic E-state index is 0.183. The van der Waals surface area contributed by atoms with Gasteiger partial charge in [0.15, 0.2) is 0 Å². The summed E-state index contributed by atoms with van der Waals surface area (Å²) in [6.45, 7) is 7.00. The third-order valence-corrected chi connectivity index (χ3v) is 4.84. The van der Waals surface area contributed by atoms with Crippen LogP contribution < -0.4 is 10.5 Å². The van der Waals surface area contributed by atoms with E-state index in [2.05, 4.69) is 38.7 Å². The number of rotatable bonds is 5. The zero-order valence-electron chi connectivity index (χ0n) is 12.5. The summed E-state index contributed by atoms with van der Waals surface area (Å²) in [4.78, 5) is 5.36. The van der Waals surface area contributed by atoms with Crippen LogP contribution >= 0.6 is 28.1 Å². The van der Waals surface area contributed by atoms with E-state index >= 15 is 0 Å². The molecular formula is C15H22BrN3OS. The lowest BCUT2D eigenvalue weighted by Gasteiger charge is -2.37. The lowest BCUT2D eigenvalue weighted by molar-refractivity contribution is 0.117. The van der Waals surface area contributed by atoms with Gasteiger partial charge >= 0.3 is 0 Å². The molecule has 1 aliphatic heterocycles. The Morgan fingerprint density at radius 3 is 2.62 bits per heavy atom. The maximum Gasteiger partial charge on any atom is 0.123 e. The van der Waals surface area contributed by atoms with Gasteiger partial charge in [0.2, 0.25) is 0 Å². The van der Waals surface area contributed by atoms with Crippen LogP contribution in [0.3, 0.4) is 0 Å². The van der Waals surface area contributed by atoms with Crippen LogP contribution in [0.1, 0.15) is 12.5 Å². The standard InChI is InChI=1S/C15H22BrN3OS/c1-11(15(17)21)19-7-5-18(6-8-19)10-12-9-13(16)3-4-14(12)20-2/h3-4,9,11H,5-8,10H2,1-2H3,(H2,17,21). The molecule has 6 heteroatoms. The van der Waals surface area contributed by atoms with Crippen molar-refractivity contribution in [3.8, 4) is 5.75 Å². The zero-order valence-corrected chi connectivity index (χ0v) is 14.9. The molecule has 0 radical (unpaired) electrons. The monoisotopic (exact) mass is 371 g/mol. The van der Waals surface area contributed by atoms with Gasteiger partial charge in [0.25, 0.3) is 0 Å². The molecule has 116 valence electrons. The van der Waals surface area contributed by atoms with Gasteiger partial charge in [-0.15, -0.1) is 0 Å². The Morgan fingerprint density at radius 1 is 1.38 bits per heavy atom. The fraction of sp³-hybridized carbons (Fsp3) is 0.533. The predicted octanol–water partition coefficient (Wildman–Crippen LogP) is 2.25. The van der Waals surface area contributed by atoms with Crippen molar-refractivity contribution in [3.63, 3.8) is 0 Å². The van der Waals surface area contributed by atoms with E-state index in [9.17, 15) is 0 Å². The Morgan fingerprint density at radius 2 is 2.05 bits per heavy atom. The van der Waals surface area contributed by atoms with Gasteiger partial charge in [-0.25, -0.2) is 0 Å². The second-order valence-corrected chi connectivity index (χ2v) is 6.73. The molecule has 1 atom stereocenters. The molecule has 0 spiro atoms. The van der Waals surface area contributed by atoms with Gasteiger partial charge in [0, 0.05) is 42.8 Å². The molecule has 0 bridgehead atoms. The number of nitrogens with two attached hydrogens (primary N) is 1. The van der Waals surface area contributed by atoms with Crippen molar-refractivity contribution in [2.75, 3.05) is 33.3 Å². The number of hydrogen-bond acceptors (Lipinski definition) is 4. The van der Waals surface area contributed by atoms with E-state index in [1.807, 2.05) is 12.1 Å². The first-order valence-electron chi connectivity index (χ1n) is 7.09. The van der Waals surface area contributed by atoms with Gasteiger partial charge in [-0.1, -0.05) is 28.1 Å². The van der Waals surface area contributed by atoms with Crippen molar-refractivity contribution in [1.29, 1.82) is 0 Å². The van der Waals surface area contributed by atoms with Crippen LogP contribution in [0.15, 0.2) is 22.7 Å². The summed E-state index contributed by atoms with van der Waals surface area (Å²) in [6.07, 6.45) is 0. The molecule has 2 N–H and O–H groups in total. The number of thiocarbonyl (C=S) groups is 1. The van der Waals surface area contributed by atoms with Gasteiger partial charge in [-0.3, -0.25) is 9.80 Å². The Bertz CT molecular complexity index is 504. The van der Waals surface area contributed by atoms with E-state index in [0.29, 0.717) is 4.99 Å². The molecule has 21 heavy (non-hydrogen) atoms. The van der Waals surface area contributed by atoms with E-state index in [4.69, 9.17) is 22.7 Å². The molecule has 1 aliphatic rings. The Kier molecular flexibility index (Phi) is 5.98. The van der Waals surface area contributed by atoms with Crippen LogP contribution in [0.5, 0.6) is 5.75 Å². The number of nitrogens with zero attached hydrogens (tertiary/aromatic N) is 2. The van der Waals surface area contributed by atoms with Crippen molar-refractivity contribution in [1.82, 2.24) is 9.80 Å². The highest BCUT2D eigenvalue weighted by molar-refractivity contribution is 9.10. The van der Waals surface area contributed by atoms with Crippen molar-refractivity contribution in [2.24, 2.45) is 5.73 Å². The molecule has 0 amide bonds. The van der Waals surface area contributed by atoms with Gasteiger partial charge in [-0.2, -0.15) is 0 Å². The molecule has 1 aromatic rings. The molecule has 1 saturated heterocycles. The van der Waals surface area contributed by atoms with Gasteiger partial charge in [-0.05, 0) is 25.1 Å². The Labute approximate surface area is 140 Å². The molecule has 1 fully saturated rings. The molecular weight excluding hydrogens is 350 g/mol. The van der Waals surface area contributed by atoms with Crippen LogP contribution in [0.2, 0.25) is 0 Å². The third-order valence-electron chi connectivity index (χ3n) is 4.00. The number of methoxy groups -OCH3 is 1. The quantitative estimate of drug-likeness (QED) is 0.803. The first-order valence-corrected chi connectivity index (χ1v) is 8.29. The van der Waals surface area contributed by atoms with Gasteiger partial charge in [0.05, 0.1) is 18.1 Å². The number of piperazine rings is 1. The minimum atomic E-state index is 0.183. The summed E-state index contributed by atoms with van der Waals surface area (Å²) in [5.41, 5.74) is 6.94. The van der Waals surface area contributed by atoms with E-state index in [-0.39, 0.29) is 6.04 Å². The highest BCUT2D eigenvalue weighted by atomic mass is 79.9. The minimum Gasteiger partial charge on any atom is -0.496 e. The SMILES string of the molecule is COc1ccc(Br)cc1CN1CCN(C(C)C(N)=S)CC1. The van der Waals surface area contributed by atoms with Crippen molar-refractivity contribution in [2.45, 2.75) is 19.5 Å². The maximum absolute atomic E-state index is 5.73. The first-order chi connectivity index (χ1) is 10.0. The average molecular weight is 372 g/mol. The molecule has 1 aromatic carbocycles. The average Bonchev–Trinajstić information content (AvgIpc) is 2.47. The van der Waals surface area contributed by atoms with Crippen molar-refractivity contribution < 1.29 is 4.74 Å². The number of halogens is 1. The number of hydrogen-bond donors (Lipinski definition) is 1. The van der Waals surface area contributed by atoms with E-state index in [1.165, 1.54) is 5.56 Å². The smallest absolute Gasteiger partial charge is 0.123 e. The second kappa shape index (κ2) is 7.54. The van der Waals surface area contributed by atoms with E-state index < -0.39 is 0 Å². The van der Waals surface area contributed by atoms with Crippen LogP contribution in [-0.4, -0.2) is 54.1 Å². The summed E-state index contributed by atoms with van der Waals surface area (Å²) in [5, 5.41) is 0. The highest BCUT2D eigenvalue weighted by Crippen LogP contribution is 2.24. The first kappa shape index (κ1) is 16.7. The fourth-order valence-electron chi connectivity index (χ4n) is 2.60. The van der Waals surface area contributed by atoms with E-state index in [1.54, 1.807) is 7.11 Å². The van der Waals surface area contributed by atoms with Gasteiger partial charge in [0.1, 0.15) is 5.75 Å². The zero-order chi connectivity index (χ0) is 15.4. The highest BCUT2D eigenvalue weighted by Gasteiger charge is 2.23. The second-order valence-electron chi connectivity index (χ2n) is 5.35. The maximum atomic E-state index is 5.73. The van der Waals surface area contributed by atoms with Crippen LogP contribution in [-0.2, 0) is 6.54 Å². The summed E-state index contributed by atoms with van der Waals surface area (Å²) in [6, 6.07) is 6.32. The normalized spacial score (nSPS) is 18.4. The molecule has 1 heterocycles. The number of ether oxygens (including phenoxy) is 1. The fourth-order valence-corrected chi connectivity index (χ4v) is 3.16. The van der Waals surface area contributed by atoms with Crippen LogP contribution in [0.25, 0.3) is 0 Å². The molecule has 2 rings (SSSR count). The lowest BCUT2D eigenvalue weighted by atomic mass is 10.1. The predicted molar refractivity (Wildman–Crippen MR) is 93.8 cm³/mol. The van der Waals surface area contributed by atoms with E-state index in [0.717, 1.165) is 42.9 Å².